The van der Waals surface area contributed by atoms with Crippen LogP contribution in [0.15, 0.2) is 36.4 Å². The average Bonchev–Trinajstić information content (AvgIpc) is 2.84. The van der Waals surface area contributed by atoms with Crippen LogP contribution < -0.4 is 15.5 Å². The Kier molecular flexibility index (Phi) is 8.18. The first-order chi connectivity index (χ1) is 16.8. The molecule has 0 aliphatic carbocycles. The van der Waals surface area contributed by atoms with Crippen LogP contribution in [0.3, 0.4) is 0 Å². The number of halogens is 2. The molecule has 1 amide bonds. The van der Waals surface area contributed by atoms with E-state index in [9.17, 15) is 19.3 Å². The summed E-state index contributed by atoms with van der Waals surface area (Å²) >= 11 is 5.92. The SMILES string of the molecule is O=C(Nc1cccc(Cl)n1)c1ccc([N+](=O)[O-])cc1N1CCC(CCCC2(F)CCNCC2)CC1. The molecule has 2 aromatic rings. The van der Waals surface area contributed by atoms with E-state index in [-0.39, 0.29) is 10.8 Å². The lowest BCUT2D eigenvalue weighted by Gasteiger charge is -2.35. The Hall–Kier alpha value is -2.78. The van der Waals surface area contributed by atoms with E-state index >= 15 is 0 Å². The Morgan fingerprint density at radius 1 is 1.26 bits per heavy atom. The minimum absolute atomic E-state index is 0.0604. The lowest BCUT2D eigenvalue weighted by Crippen LogP contribution is -2.38. The van der Waals surface area contributed by atoms with Crippen LogP contribution in [-0.4, -0.2) is 47.7 Å². The van der Waals surface area contributed by atoms with Crippen molar-refractivity contribution in [1.82, 2.24) is 10.3 Å². The molecule has 4 rings (SSSR count). The number of benzene rings is 1. The second-order valence-corrected chi connectivity index (χ2v) is 9.87. The molecule has 2 aliphatic rings. The second-order valence-electron chi connectivity index (χ2n) is 9.48. The number of carbonyl (C=O) groups excluding carboxylic acids is 1. The highest BCUT2D eigenvalue weighted by Gasteiger charge is 2.31. The molecule has 2 aliphatic heterocycles. The van der Waals surface area contributed by atoms with Crippen LogP contribution in [0.5, 0.6) is 0 Å². The number of hydrogen-bond donors (Lipinski definition) is 2. The maximum absolute atomic E-state index is 14.9. The topological polar surface area (TPSA) is 100 Å². The molecular formula is C25H31ClFN5O3. The van der Waals surface area contributed by atoms with E-state index in [2.05, 4.69) is 15.6 Å². The van der Waals surface area contributed by atoms with E-state index in [1.54, 1.807) is 18.2 Å². The molecule has 1 aromatic carbocycles. The van der Waals surface area contributed by atoms with Gasteiger partial charge in [0.25, 0.3) is 11.6 Å². The molecule has 0 atom stereocenters. The van der Waals surface area contributed by atoms with Crippen molar-refractivity contribution in [2.75, 3.05) is 36.4 Å². The largest absolute Gasteiger partial charge is 0.371 e. The Bertz CT molecular complexity index is 1060. The molecule has 0 saturated carbocycles. The van der Waals surface area contributed by atoms with Crippen molar-refractivity contribution in [3.63, 3.8) is 0 Å². The molecule has 2 fully saturated rings. The maximum atomic E-state index is 14.9. The first kappa shape index (κ1) is 25.3. The monoisotopic (exact) mass is 503 g/mol. The van der Waals surface area contributed by atoms with Crippen molar-refractivity contribution in [1.29, 1.82) is 0 Å². The smallest absolute Gasteiger partial charge is 0.271 e. The van der Waals surface area contributed by atoms with Crippen LogP contribution in [0.1, 0.15) is 55.3 Å². The number of alkyl halides is 1. The number of non-ortho nitro benzene ring substituents is 1. The molecule has 0 spiro atoms. The fourth-order valence-electron chi connectivity index (χ4n) is 5.04. The molecular weight excluding hydrogens is 473 g/mol. The van der Waals surface area contributed by atoms with Gasteiger partial charge in [0.2, 0.25) is 0 Å². The third-order valence-corrected chi connectivity index (χ3v) is 7.30. The number of anilines is 2. The van der Waals surface area contributed by atoms with E-state index in [0.29, 0.717) is 55.3 Å². The predicted octanol–water partition coefficient (Wildman–Crippen LogP) is 5.37. The fraction of sp³-hybridized carbons (Fsp3) is 0.520. The highest BCUT2D eigenvalue weighted by Crippen LogP contribution is 2.34. The van der Waals surface area contributed by atoms with Crippen molar-refractivity contribution in [2.24, 2.45) is 5.92 Å². The van der Waals surface area contributed by atoms with Crippen LogP contribution in [0.25, 0.3) is 0 Å². The number of hydrogen-bond acceptors (Lipinski definition) is 6. The van der Waals surface area contributed by atoms with E-state index < -0.39 is 16.5 Å². The third-order valence-electron chi connectivity index (χ3n) is 7.09. The molecule has 10 heteroatoms. The van der Waals surface area contributed by atoms with Gasteiger partial charge in [-0.1, -0.05) is 24.1 Å². The molecule has 35 heavy (non-hydrogen) atoms. The standard InChI is InChI=1S/C25H31ClFN5O3/c26-22-4-1-5-23(29-22)30-24(33)20-7-6-19(32(34)35)17-21(20)31-15-8-18(9-16-31)3-2-10-25(27)11-13-28-14-12-25/h1,4-7,17-18,28H,2-3,8-16H2,(H,29,30,33). The van der Waals surface area contributed by atoms with Crippen molar-refractivity contribution in [3.05, 3.63) is 57.2 Å². The van der Waals surface area contributed by atoms with Crippen LogP contribution in [0.2, 0.25) is 5.15 Å². The van der Waals surface area contributed by atoms with E-state index in [1.807, 2.05) is 4.90 Å². The number of piperidine rings is 2. The number of rotatable bonds is 8. The summed E-state index contributed by atoms with van der Waals surface area (Å²) in [6.07, 6.45) is 5.46. The Morgan fingerprint density at radius 3 is 2.69 bits per heavy atom. The lowest BCUT2D eigenvalue weighted by molar-refractivity contribution is -0.384. The third kappa shape index (κ3) is 6.67. The van der Waals surface area contributed by atoms with Gasteiger partial charge in [0, 0.05) is 25.2 Å². The summed E-state index contributed by atoms with van der Waals surface area (Å²) in [6.45, 7) is 2.88. The molecule has 0 bridgehead atoms. The molecule has 0 radical (unpaired) electrons. The van der Waals surface area contributed by atoms with Crippen LogP contribution in [0.4, 0.5) is 21.6 Å². The number of aromatic nitrogens is 1. The summed E-state index contributed by atoms with van der Waals surface area (Å²) in [5, 5.41) is 17.6. The van der Waals surface area contributed by atoms with Crippen LogP contribution in [0, 0.1) is 16.0 Å². The highest BCUT2D eigenvalue weighted by molar-refractivity contribution is 6.29. The Labute approximate surface area is 209 Å². The molecule has 0 unspecified atom stereocenters. The van der Waals surface area contributed by atoms with Gasteiger partial charge in [-0.25, -0.2) is 9.37 Å². The summed E-state index contributed by atoms with van der Waals surface area (Å²) in [5.41, 5.74) is -0.208. The zero-order valence-electron chi connectivity index (χ0n) is 19.6. The summed E-state index contributed by atoms with van der Waals surface area (Å²) in [6, 6.07) is 9.21. The maximum Gasteiger partial charge on any atom is 0.271 e. The Balaban J connectivity index is 1.39. The number of amides is 1. The normalized spacial score (nSPS) is 18.3. The summed E-state index contributed by atoms with van der Waals surface area (Å²) in [7, 11) is 0. The highest BCUT2D eigenvalue weighted by atomic mass is 35.5. The van der Waals surface area contributed by atoms with Gasteiger partial charge in [0.05, 0.1) is 16.2 Å². The van der Waals surface area contributed by atoms with Crippen LogP contribution >= 0.6 is 11.6 Å². The lowest BCUT2D eigenvalue weighted by atomic mass is 9.85. The fourth-order valence-corrected chi connectivity index (χ4v) is 5.21. The van der Waals surface area contributed by atoms with Crippen molar-refractivity contribution >= 4 is 34.7 Å². The molecule has 8 nitrogen and oxygen atoms in total. The second kappa shape index (κ2) is 11.3. The number of nitro groups is 1. The molecule has 2 saturated heterocycles. The summed E-state index contributed by atoms with van der Waals surface area (Å²) in [4.78, 5) is 30.1. The number of nitrogens with zero attached hydrogens (tertiary/aromatic N) is 3. The predicted molar refractivity (Wildman–Crippen MR) is 135 cm³/mol. The van der Waals surface area contributed by atoms with Gasteiger partial charge in [-0.15, -0.1) is 0 Å². The van der Waals surface area contributed by atoms with Crippen molar-refractivity contribution in [2.45, 2.75) is 50.6 Å². The van der Waals surface area contributed by atoms with E-state index in [4.69, 9.17) is 11.6 Å². The van der Waals surface area contributed by atoms with Crippen molar-refractivity contribution in [3.8, 4) is 0 Å². The molecule has 1 aromatic heterocycles. The van der Waals surface area contributed by atoms with E-state index in [0.717, 1.165) is 38.8 Å². The van der Waals surface area contributed by atoms with Gasteiger partial charge in [-0.2, -0.15) is 0 Å². The molecule has 188 valence electrons. The Morgan fingerprint density at radius 2 is 2.00 bits per heavy atom. The minimum Gasteiger partial charge on any atom is -0.371 e. The van der Waals surface area contributed by atoms with Gasteiger partial charge in [-0.3, -0.25) is 14.9 Å². The van der Waals surface area contributed by atoms with Gasteiger partial charge in [-0.05, 0) is 75.7 Å². The van der Waals surface area contributed by atoms with Crippen LogP contribution in [-0.2, 0) is 0 Å². The van der Waals surface area contributed by atoms with Crippen molar-refractivity contribution < 1.29 is 14.1 Å². The number of nitro benzene ring substituents is 1. The van der Waals surface area contributed by atoms with E-state index in [1.165, 1.54) is 18.2 Å². The van der Waals surface area contributed by atoms with Gasteiger partial charge >= 0.3 is 0 Å². The number of carbonyl (C=O) groups is 1. The summed E-state index contributed by atoms with van der Waals surface area (Å²) < 4.78 is 14.9. The summed E-state index contributed by atoms with van der Waals surface area (Å²) in [5.74, 6) is 0.398. The van der Waals surface area contributed by atoms with Gasteiger partial charge in [0.15, 0.2) is 0 Å². The molecule has 3 heterocycles. The first-order valence-electron chi connectivity index (χ1n) is 12.2. The van der Waals surface area contributed by atoms with Gasteiger partial charge < -0.3 is 15.5 Å². The van der Waals surface area contributed by atoms with Gasteiger partial charge in [0.1, 0.15) is 16.6 Å². The zero-order valence-corrected chi connectivity index (χ0v) is 20.4. The first-order valence-corrected chi connectivity index (χ1v) is 12.6. The minimum atomic E-state index is -1.03. The molecule has 2 N–H and O–H groups in total. The average molecular weight is 504 g/mol. The number of nitrogens with one attached hydrogen (secondary N) is 2. The number of pyridine rings is 1. The quantitative estimate of drug-likeness (QED) is 0.285. The zero-order chi connectivity index (χ0) is 24.8.